The van der Waals surface area contributed by atoms with Crippen LogP contribution in [0.5, 0.6) is 0 Å². The maximum Gasteiger partial charge on any atom is 0.167 e. The number of halogens is 2. The van der Waals surface area contributed by atoms with Crippen molar-refractivity contribution in [3.8, 4) is 0 Å². The highest BCUT2D eigenvalue weighted by Gasteiger charge is 2.09. The van der Waals surface area contributed by atoms with Gasteiger partial charge in [-0.1, -0.05) is 30.3 Å². The van der Waals surface area contributed by atoms with Gasteiger partial charge in [0, 0.05) is 18.1 Å². The molecular weight excluding hydrogens is 222 g/mol. The summed E-state index contributed by atoms with van der Waals surface area (Å²) in [5, 5.41) is 0. The highest BCUT2D eigenvalue weighted by molar-refractivity contribution is 5.97. The Morgan fingerprint density at radius 2 is 1.53 bits per heavy atom. The molecule has 2 aromatic rings. The van der Waals surface area contributed by atoms with Crippen molar-refractivity contribution >= 4 is 5.78 Å². The van der Waals surface area contributed by atoms with Crippen molar-refractivity contribution in [3.63, 3.8) is 0 Å². The van der Waals surface area contributed by atoms with Gasteiger partial charge in [0.05, 0.1) is 0 Å². The second kappa shape index (κ2) is 4.87. The van der Waals surface area contributed by atoms with Gasteiger partial charge in [-0.05, 0) is 17.7 Å². The molecule has 0 spiro atoms. The van der Waals surface area contributed by atoms with Crippen LogP contribution in [0.25, 0.3) is 0 Å². The smallest absolute Gasteiger partial charge is 0.167 e. The molecule has 0 unspecified atom stereocenters. The van der Waals surface area contributed by atoms with E-state index < -0.39 is 11.6 Å². The first-order valence-corrected chi connectivity index (χ1v) is 5.18. The number of hydrogen-bond donors (Lipinski definition) is 0. The van der Waals surface area contributed by atoms with E-state index >= 15 is 0 Å². The first kappa shape index (κ1) is 11.5. The number of carbonyl (C=O) groups excluding carboxylic acids is 1. The molecule has 0 amide bonds. The monoisotopic (exact) mass is 232 g/mol. The molecule has 86 valence electrons. The summed E-state index contributed by atoms with van der Waals surface area (Å²) in [5.74, 6) is -1.77. The van der Waals surface area contributed by atoms with Crippen LogP contribution in [0.1, 0.15) is 15.9 Å². The average molecular weight is 232 g/mol. The molecule has 0 fully saturated rings. The van der Waals surface area contributed by atoms with E-state index in [0.29, 0.717) is 0 Å². The largest absolute Gasteiger partial charge is 0.294 e. The Morgan fingerprint density at radius 3 is 2.12 bits per heavy atom. The minimum absolute atomic E-state index is 0.0614. The minimum Gasteiger partial charge on any atom is -0.294 e. The van der Waals surface area contributed by atoms with Gasteiger partial charge in [0.2, 0.25) is 0 Å². The normalized spacial score (nSPS) is 10.2. The van der Waals surface area contributed by atoms with Crippen molar-refractivity contribution in [2.75, 3.05) is 0 Å². The molecule has 0 saturated heterocycles. The number of carbonyl (C=O) groups is 1. The number of hydrogen-bond acceptors (Lipinski definition) is 1. The van der Waals surface area contributed by atoms with Crippen LogP contribution >= 0.6 is 0 Å². The van der Waals surface area contributed by atoms with E-state index in [0.717, 1.165) is 23.8 Å². The van der Waals surface area contributed by atoms with Crippen molar-refractivity contribution in [2.24, 2.45) is 0 Å². The van der Waals surface area contributed by atoms with Crippen LogP contribution in [0.15, 0.2) is 48.5 Å². The molecule has 0 aliphatic heterocycles. The van der Waals surface area contributed by atoms with Crippen molar-refractivity contribution in [3.05, 3.63) is 71.3 Å². The van der Waals surface area contributed by atoms with Crippen molar-refractivity contribution < 1.29 is 13.6 Å². The van der Waals surface area contributed by atoms with Gasteiger partial charge < -0.3 is 0 Å². The van der Waals surface area contributed by atoms with E-state index in [1.807, 2.05) is 18.2 Å². The first-order valence-electron chi connectivity index (χ1n) is 5.18. The highest BCUT2D eigenvalue weighted by Crippen LogP contribution is 2.11. The van der Waals surface area contributed by atoms with Crippen LogP contribution in [-0.2, 0) is 6.42 Å². The van der Waals surface area contributed by atoms with Crippen LogP contribution in [0.3, 0.4) is 0 Å². The van der Waals surface area contributed by atoms with Crippen LogP contribution in [-0.4, -0.2) is 5.78 Å². The van der Waals surface area contributed by atoms with Crippen LogP contribution in [0.2, 0.25) is 0 Å². The quantitative estimate of drug-likeness (QED) is 0.741. The lowest BCUT2D eigenvalue weighted by Gasteiger charge is -2.02. The Labute approximate surface area is 97.7 Å². The second-order valence-electron chi connectivity index (χ2n) is 3.74. The van der Waals surface area contributed by atoms with Crippen molar-refractivity contribution in [1.29, 1.82) is 0 Å². The molecule has 0 aliphatic rings. The first-order chi connectivity index (χ1) is 8.15. The molecule has 3 heteroatoms. The van der Waals surface area contributed by atoms with Gasteiger partial charge in [-0.2, -0.15) is 0 Å². The van der Waals surface area contributed by atoms with Crippen LogP contribution in [0, 0.1) is 11.6 Å². The van der Waals surface area contributed by atoms with E-state index in [2.05, 4.69) is 0 Å². The Balaban J connectivity index is 2.20. The molecule has 17 heavy (non-hydrogen) atoms. The van der Waals surface area contributed by atoms with E-state index in [-0.39, 0.29) is 17.8 Å². The van der Waals surface area contributed by atoms with E-state index in [1.54, 1.807) is 12.1 Å². The molecule has 2 aromatic carbocycles. The molecule has 0 aromatic heterocycles. The Hall–Kier alpha value is -2.03. The highest BCUT2D eigenvalue weighted by atomic mass is 19.1. The molecule has 1 nitrogen and oxygen atoms in total. The molecule has 2 rings (SSSR count). The maximum absolute atomic E-state index is 12.9. The zero-order valence-corrected chi connectivity index (χ0v) is 8.99. The SMILES string of the molecule is O=C(Cc1ccccc1)c1cc(F)cc(F)c1. The van der Waals surface area contributed by atoms with Crippen molar-refractivity contribution in [2.45, 2.75) is 6.42 Å². The van der Waals surface area contributed by atoms with E-state index in [9.17, 15) is 13.6 Å². The van der Waals surface area contributed by atoms with Gasteiger partial charge in [0.25, 0.3) is 0 Å². The summed E-state index contributed by atoms with van der Waals surface area (Å²) >= 11 is 0. The summed E-state index contributed by atoms with van der Waals surface area (Å²) in [4.78, 5) is 11.8. The molecule has 0 N–H and O–H groups in total. The molecule has 0 radical (unpaired) electrons. The summed E-state index contributed by atoms with van der Waals surface area (Å²) in [7, 11) is 0. The van der Waals surface area contributed by atoms with Gasteiger partial charge in [-0.25, -0.2) is 8.78 Å². The third-order valence-electron chi connectivity index (χ3n) is 2.39. The molecule has 0 heterocycles. The standard InChI is InChI=1S/C14H10F2O/c15-12-7-11(8-13(16)9-12)14(17)6-10-4-2-1-3-5-10/h1-5,7-9H,6H2. The summed E-state index contributed by atoms with van der Waals surface area (Å²) in [6.07, 6.45) is 0.143. The predicted molar refractivity (Wildman–Crippen MR) is 60.8 cm³/mol. The molecule has 0 bridgehead atoms. The Morgan fingerprint density at radius 1 is 0.941 bits per heavy atom. The number of benzene rings is 2. The summed E-state index contributed by atoms with van der Waals surface area (Å²) < 4.78 is 25.9. The number of ketones is 1. The van der Waals surface area contributed by atoms with Gasteiger partial charge in [-0.15, -0.1) is 0 Å². The fraction of sp³-hybridized carbons (Fsp3) is 0.0714. The second-order valence-corrected chi connectivity index (χ2v) is 3.74. The van der Waals surface area contributed by atoms with E-state index in [4.69, 9.17) is 0 Å². The molecular formula is C14H10F2O. The van der Waals surface area contributed by atoms with Gasteiger partial charge in [-0.3, -0.25) is 4.79 Å². The fourth-order valence-corrected chi connectivity index (χ4v) is 1.60. The molecule has 0 aliphatic carbocycles. The zero-order valence-electron chi connectivity index (χ0n) is 8.99. The minimum atomic E-state index is -0.735. The summed E-state index contributed by atoms with van der Waals surface area (Å²) in [5.41, 5.74) is 0.883. The third-order valence-corrected chi connectivity index (χ3v) is 2.39. The van der Waals surface area contributed by atoms with Crippen molar-refractivity contribution in [1.82, 2.24) is 0 Å². The summed E-state index contributed by atoms with van der Waals surface area (Å²) in [6, 6.07) is 11.9. The van der Waals surface area contributed by atoms with Gasteiger partial charge >= 0.3 is 0 Å². The fourth-order valence-electron chi connectivity index (χ4n) is 1.60. The Bertz CT molecular complexity index is 515. The van der Waals surface area contributed by atoms with Crippen LogP contribution in [0.4, 0.5) is 8.78 Å². The van der Waals surface area contributed by atoms with Gasteiger partial charge in [0.15, 0.2) is 5.78 Å². The zero-order chi connectivity index (χ0) is 12.3. The predicted octanol–water partition coefficient (Wildman–Crippen LogP) is 3.39. The topological polar surface area (TPSA) is 17.1 Å². The van der Waals surface area contributed by atoms with Gasteiger partial charge in [0.1, 0.15) is 11.6 Å². The lowest BCUT2D eigenvalue weighted by Crippen LogP contribution is -2.04. The van der Waals surface area contributed by atoms with E-state index in [1.165, 1.54) is 0 Å². The number of Topliss-reactive ketones (excluding diaryl/α,β-unsaturated/α-hetero) is 1. The lowest BCUT2D eigenvalue weighted by molar-refractivity contribution is 0.0992. The average Bonchev–Trinajstić information content (AvgIpc) is 2.29. The number of rotatable bonds is 3. The third kappa shape index (κ3) is 2.97. The Kier molecular flexibility index (Phi) is 3.28. The maximum atomic E-state index is 12.9. The molecule has 0 atom stereocenters. The molecule has 0 saturated carbocycles. The lowest BCUT2D eigenvalue weighted by atomic mass is 10.0. The summed E-state index contributed by atoms with van der Waals surface area (Å²) in [6.45, 7) is 0. The van der Waals surface area contributed by atoms with Crippen LogP contribution < -0.4 is 0 Å².